The molecule has 1 aliphatic rings. The maximum absolute atomic E-state index is 13.3. The second-order valence-corrected chi connectivity index (χ2v) is 8.07. The van der Waals surface area contributed by atoms with E-state index in [0.717, 1.165) is 33.4 Å². The van der Waals surface area contributed by atoms with Gasteiger partial charge in [-0.3, -0.25) is 9.69 Å². The lowest BCUT2D eigenvalue weighted by atomic mass is 9.97. The molecule has 0 amide bonds. The topological polar surface area (TPSA) is 59.6 Å². The molecule has 4 aromatic rings. The Morgan fingerprint density at radius 3 is 2.22 bits per heavy atom. The van der Waals surface area contributed by atoms with Crippen LogP contribution in [0.15, 0.2) is 78.9 Å². The number of aromatic nitrogens is 1. The van der Waals surface area contributed by atoms with E-state index in [1.807, 2.05) is 59.5 Å². The number of piperazine rings is 1. The Bertz CT molecular complexity index is 1230. The maximum Gasteiger partial charge on any atom is 0.325 e. The van der Waals surface area contributed by atoms with E-state index in [-0.39, 0.29) is 5.82 Å². The predicted molar refractivity (Wildman–Crippen MR) is 124 cm³/mol. The summed E-state index contributed by atoms with van der Waals surface area (Å²) >= 11 is 0. The van der Waals surface area contributed by atoms with Gasteiger partial charge in [-0.1, -0.05) is 48.5 Å². The zero-order chi connectivity index (χ0) is 22.1. The van der Waals surface area contributed by atoms with E-state index in [4.69, 9.17) is 0 Å². The molecule has 6 heteroatoms. The zero-order valence-corrected chi connectivity index (χ0v) is 17.5. The van der Waals surface area contributed by atoms with Crippen molar-refractivity contribution in [2.75, 3.05) is 31.1 Å². The molecule has 32 heavy (non-hydrogen) atoms. The molecule has 5 rings (SSSR count). The van der Waals surface area contributed by atoms with Crippen molar-refractivity contribution in [2.45, 2.75) is 6.04 Å². The van der Waals surface area contributed by atoms with Gasteiger partial charge in [0.25, 0.3) is 0 Å². The molecule has 5 nitrogen and oxygen atoms in total. The van der Waals surface area contributed by atoms with Crippen LogP contribution in [-0.4, -0.2) is 47.1 Å². The van der Waals surface area contributed by atoms with E-state index < -0.39 is 12.0 Å². The highest BCUT2D eigenvalue weighted by Crippen LogP contribution is 2.38. The number of benzene rings is 3. The third kappa shape index (κ3) is 3.74. The van der Waals surface area contributed by atoms with Gasteiger partial charge in [0.05, 0.1) is 5.69 Å². The molecule has 2 heterocycles. The van der Waals surface area contributed by atoms with E-state index in [2.05, 4.69) is 9.88 Å². The van der Waals surface area contributed by atoms with Crippen LogP contribution in [0.5, 0.6) is 0 Å². The number of aliphatic carboxylic acids is 1. The van der Waals surface area contributed by atoms with E-state index in [1.54, 1.807) is 12.1 Å². The summed E-state index contributed by atoms with van der Waals surface area (Å²) in [6.45, 7) is 2.56. The number of carboxylic acids is 1. The summed E-state index contributed by atoms with van der Waals surface area (Å²) in [6, 6.07) is 23.4. The van der Waals surface area contributed by atoms with Crippen LogP contribution in [0, 0.1) is 5.82 Å². The van der Waals surface area contributed by atoms with E-state index in [9.17, 15) is 14.3 Å². The summed E-state index contributed by atoms with van der Waals surface area (Å²) in [5.41, 5.74) is 4.50. The maximum atomic E-state index is 13.3. The first-order chi connectivity index (χ1) is 15.6. The first kappa shape index (κ1) is 20.3. The second kappa shape index (κ2) is 8.48. The zero-order valence-electron chi connectivity index (χ0n) is 17.5. The number of para-hydroxylation sites is 1. The Morgan fingerprint density at radius 2 is 1.53 bits per heavy atom. The van der Waals surface area contributed by atoms with E-state index in [0.29, 0.717) is 26.2 Å². The number of carbonyl (C=O) groups is 1. The lowest BCUT2D eigenvalue weighted by molar-refractivity contribution is -0.143. The number of nitrogens with one attached hydrogen (secondary N) is 1. The summed E-state index contributed by atoms with van der Waals surface area (Å²) < 4.78 is 13.3. The van der Waals surface area contributed by atoms with Crippen LogP contribution < -0.4 is 4.90 Å². The van der Waals surface area contributed by atoms with Crippen LogP contribution in [-0.2, 0) is 4.79 Å². The standard InChI is InChI=1S/C26H24FN3O2/c27-19-10-12-20(13-11-19)29-14-16-30(17-15-29)25(26(31)32)23-21-8-4-5-9-22(21)28-24(23)18-6-2-1-3-7-18/h1-13,25,28H,14-17H2,(H,31,32). The van der Waals surface area contributed by atoms with Crippen molar-refractivity contribution in [1.29, 1.82) is 0 Å². The summed E-state index contributed by atoms with van der Waals surface area (Å²) in [6.07, 6.45) is 0. The summed E-state index contributed by atoms with van der Waals surface area (Å²) in [7, 11) is 0. The molecule has 1 atom stereocenters. The lowest BCUT2D eigenvalue weighted by Gasteiger charge is -2.39. The van der Waals surface area contributed by atoms with Crippen molar-refractivity contribution >= 4 is 22.6 Å². The summed E-state index contributed by atoms with van der Waals surface area (Å²) in [4.78, 5) is 20.3. The minimum atomic E-state index is -0.859. The Hall–Kier alpha value is -3.64. The summed E-state index contributed by atoms with van der Waals surface area (Å²) in [5, 5.41) is 11.3. The fourth-order valence-electron chi connectivity index (χ4n) is 4.63. The third-order valence-corrected chi connectivity index (χ3v) is 6.19. The fourth-order valence-corrected chi connectivity index (χ4v) is 4.63. The monoisotopic (exact) mass is 429 g/mol. The number of hydrogen-bond acceptors (Lipinski definition) is 3. The van der Waals surface area contributed by atoms with Crippen molar-refractivity contribution in [2.24, 2.45) is 0 Å². The number of fused-ring (bicyclic) bond motifs is 1. The largest absolute Gasteiger partial charge is 0.480 e. The van der Waals surface area contributed by atoms with Gasteiger partial charge in [-0.05, 0) is 35.9 Å². The van der Waals surface area contributed by atoms with Crippen molar-refractivity contribution in [3.8, 4) is 11.3 Å². The Labute approximate surface area is 185 Å². The molecule has 1 aliphatic heterocycles. The van der Waals surface area contributed by atoms with E-state index in [1.165, 1.54) is 12.1 Å². The average molecular weight is 429 g/mol. The van der Waals surface area contributed by atoms with Gasteiger partial charge in [-0.2, -0.15) is 0 Å². The number of halogens is 1. The molecule has 0 aliphatic carbocycles. The molecule has 1 aromatic heterocycles. The SMILES string of the molecule is O=C(O)C(c1c(-c2ccccc2)[nH]c2ccccc12)N1CCN(c2ccc(F)cc2)CC1. The van der Waals surface area contributed by atoms with Gasteiger partial charge in [-0.15, -0.1) is 0 Å². The van der Waals surface area contributed by atoms with Crippen molar-refractivity contribution < 1.29 is 14.3 Å². The molecule has 0 bridgehead atoms. The smallest absolute Gasteiger partial charge is 0.325 e. The number of aromatic amines is 1. The molecule has 1 unspecified atom stereocenters. The first-order valence-corrected chi connectivity index (χ1v) is 10.8. The molecular formula is C26H24FN3O2. The Morgan fingerprint density at radius 1 is 0.875 bits per heavy atom. The molecule has 1 fully saturated rings. The van der Waals surface area contributed by atoms with Crippen LogP contribution in [0.4, 0.5) is 10.1 Å². The van der Waals surface area contributed by atoms with Gasteiger partial charge in [0.15, 0.2) is 0 Å². The minimum Gasteiger partial charge on any atom is -0.480 e. The summed E-state index contributed by atoms with van der Waals surface area (Å²) in [5.74, 6) is -1.12. The van der Waals surface area contributed by atoms with Crippen LogP contribution in [0.3, 0.4) is 0 Å². The van der Waals surface area contributed by atoms with Crippen molar-refractivity contribution in [3.63, 3.8) is 0 Å². The minimum absolute atomic E-state index is 0.258. The molecule has 3 aromatic carbocycles. The Balaban J connectivity index is 1.50. The molecule has 0 spiro atoms. The van der Waals surface area contributed by atoms with Crippen LogP contribution >= 0.6 is 0 Å². The number of anilines is 1. The Kier molecular flexibility index (Phi) is 5.37. The highest BCUT2D eigenvalue weighted by atomic mass is 19.1. The first-order valence-electron chi connectivity index (χ1n) is 10.8. The van der Waals surface area contributed by atoms with E-state index >= 15 is 0 Å². The van der Waals surface area contributed by atoms with Crippen LogP contribution in [0.25, 0.3) is 22.2 Å². The highest BCUT2D eigenvalue weighted by molar-refractivity contribution is 5.95. The number of H-pyrrole nitrogens is 1. The normalized spacial score (nSPS) is 15.7. The highest BCUT2D eigenvalue weighted by Gasteiger charge is 2.34. The van der Waals surface area contributed by atoms with Crippen LogP contribution in [0.2, 0.25) is 0 Å². The third-order valence-electron chi connectivity index (χ3n) is 6.19. The van der Waals surface area contributed by atoms with Crippen molar-refractivity contribution in [3.05, 3.63) is 90.2 Å². The van der Waals surface area contributed by atoms with Gasteiger partial charge in [0.1, 0.15) is 11.9 Å². The van der Waals surface area contributed by atoms with Crippen molar-refractivity contribution in [1.82, 2.24) is 9.88 Å². The van der Waals surface area contributed by atoms with Gasteiger partial charge in [-0.25, -0.2) is 4.39 Å². The molecule has 0 radical (unpaired) electrons. The lowest BCUT2D eigenvalue weighted by Crippen LogP contribution is -2.49. The molecule has 162 valence electrons. The van der Waals surface area contributed by atoms with Gasteiger partial charge in [0, 0.05) is 48.3 Å². The predicted octanol–water partition coefficient (Wildman–Crippen LogP) is 4.92. The van der Waals surface area contributed by atoms with Gasteiger partial charge < -0.3 is 15.0 Å². The number of hydrogen-bond donors (Lipinski definition) is 2. The number of nitrogens with zero attached hydrogens (tertiary/aromatic N) is 2. The van der Waals surface area contributed by atoms with Crippen LogP contribution in [0.1, 0.15) is 11.6 Å². The van der Waals surface area contributed by atoms with Gasteiger partial charge in [0.2, 0.25) is 0 Å². The van der Waals surface area contributed by atoms with Gasteiger partial charge >= 0.3 is 5.97 Å². The number of carboxylic acid groups (broad SMARTS) is 1. The molecule has 2 N–H and O–H groups in total. The number of rotatable bonds is 5. The molecule has 0 saturated carbocycles. The molecule has 1 saturated heterocycles. The molecular weight excluding hydrogens is 405 g/mol. The quantitative estimate of drug-likeness (QED) is 0.473. The average Bonchev–Trinajstić information content (AvgIpc) is 3.20. The fraction of sp³-hybridized carbons (Fsp3) is 0.192. The second-order valence-electron chi connectivity index (χ2n) is 8.07.